The second kappa shape index (κ2) is 6.54. The molecule has 1 fully saturated rings. The standard InChI is InChI=1S/C12H18ClNO3S2/c13-11-5-6-12(18-11)19(16,17)14-7-9-3-1-2-4-10(9)8-15/h5-6,9-10,14-15H,1-4,7-8H2. The Balaban J connectivity index is 1.97. The number of hydrogen-bond donors (Lipinski definition) is 2. The van der Waals surface area contributed by atoms with E-state index in [1.807, 2.05) is 0 Å². The molecule has 0 bridgehead atoms. The van der Waals surface area contributed by atoms with E-state index in [0.29, 0.717) is 10.9 Å². The molecule has 19 heavy (non-hydrogen) atoms. The van der Waals surface area contributed by atoms with Crippen molar-refractivity contribution < 1.29 is 13.5 Å². The van der Waals surface area contributed by atoms with Crippen molar-refractivity contribution in [2.45, 2.75) is 29.9 Å². The number of thiophene rings is 1. The van der Waals surface area contributed by atoms with Crippen molar-refractivity contribution in [2.75, 3.05) is 13.2 Å². The summed E-state index contributed by atoms with van der Waals surface area (Å²) in [6, 6.07) is 3.09. The van der Waals surface area contributed by atoms with Gasteiger partial charge in [-0.3, -0.25) is 0 Å². The van der Waals surface area contributed by atoms with Gasteiger partial charge in [-0.1, -0.05) is 24.4 Å². The van der Waals surface area contributed by atoms with E-state index in [1.165, 1.54) is 6.07 Å². The van der Waals surface area contributed by atoms with E-state index in [4.69, 9.17) is 11.6 Å². The molecule has 1 heterocycles. The Bertz CT molecular complexity index is 515. The summed E-state index contributed by atoms with van der Waals surface area (Å²) in [5.41, 5.74) is 0. The predicted octanol–water partition coefficient (Wildman–Crippen LogP) is 2.48. The van der Waals surface area contributed by atoms with Crippen LogP contribution >= 0.6 is 22.9 Å². The van der Waals surface area contributed by atoms with Gasteiger partial charge in [0.05, 0.1) is 4.34 Å². The van der Waals surface area contributed by atoms with Crippen LogP contribution in [0.4, 0.5) is 0 Å². The second-order valence-corrected chi connectivity index (χ2v) is 8.61. The molecular weight excluding hydrogens is 306 g/mol. The van der Waals surface area contributed by atoms with Crippen molar-refractivity contribution in [1.82, 2.24) is 4.72 Å². The van der Waals surface area contributed by atoms with Gasteiger partial charge in [0.1, 0.15) is 4.21 Å². The van der Waals surface area contributed by atoms with Gasteiger partial charge in [0.15, 0.2) is 0 Å². The lowest BCUT2D eigenvalue weighted by molar-refractivity contribution is 0.136. The molecule has 1 aromatic heterocycles. The minimum atomic E-state index is -3.47. The molecule has 1 aliphatic carbocycles. The Morgan fingerprint density at radius 1 is 1.32 bits per heavy atom. The van der Waals surface area contributed by atoms with Crippen molar-refractivity contribution in [3.63, 3.8) is 0 Å². The minimum absolute atomic E-state index is 0.136. The quantitative estimate of drug-likeness (QED) is 0.874. The maximum Gasteiger partial charge on any atom is 0.250 e. The number of aliphatic hydroxyl groups is 1. The predicted molar refractivity (Wildman–Crippen MR) is 77.1 cm³/mol. The number of sulfonamides is 1. The van der Waals surface area contributed by atoms with Gasteiger partial charge in [0, 0.05) is 13.2 Å². The lowest BCUT2D eigenvalue weighted by Crippen LogP contribution is -2.35. The van der Waals surface area contributed by atoms with Gasteiger partial charge in [0.25, 0.3) is 0 Å². The van der Waals surface area contributed by atoms with Crippen LogP contribution in [0.3, 0.4) is 0 Å². The van der Waals surface area contributed by atoms with E-state index in [9.17, 15) is 13.5 Å². The van der Waals surface area contributed by atoms with Gasteiger partial charge in [-0.25, -0.2) is 13.1 Å². The molecule has 7 heteroatoms. The van der Waals surface area contributed by atoms with Crippen LogP contribution in [0.5, 0.6) is 0 Å². The molecule has 2 atom stereocenters. The number of halogens is 1. The lowest BCUT2D eigenvalue weighted by Gasteiger charge is -2.30. The molecule has 0 aliphatic heterocycles. The Hall–Kier alpha value is -0.140. The highest BCUT2D eigenvalue weighted by Gasteiger charge is 2.26. The summed E-state index contributed by atoms with van der Waals surface area (Å²) < 4.78 is 27.5. The van der Waals surface area contributed by atoms with Crippen LogP contribution in [-0.2, 0) is 10.0 Å². The minimum Gasteiger partial charge on any atom is -0.396 e. The summed E-state index contributed by atoms with van der Waals surface area (Å²) in [5, 5.41) is 9.32. The zero-order valence-electron chi connectivity index (χ0n) is 10.5. The third kappa shape index (κ3) is 3.92. The Morgan fingerprint density at radius 3 is 2.58 bits per heavy atom. The first-order chi connectivity index (χ1) is 9.03. The van der Waals surface area contributed by atoms with Crippen LogP contribution in [0, 0.1) is 11.8 Å². The number of aliphatic hydroxyl groups excluding tert-OH is 1. The maximum atomic E-state index is 12.1. The topological polar surface area (TPSA) is 66.4 Å². The Morgan fingerprint density at radius 2 is 2.00 bits per heavy atom. The van der Waals surface area contributed by atoms with E-state index in [0.717, 1.165) is 37.0 Å². The Kier molecular flexibility index (Phi) is 5.25. The SMILES string of the molecule is O=S(=O)(NCC1CCCCC1CO)c1ccc(Cl)s1. The van der Waals surface area contributed by atoms with E-state index in [2.05, 4.69) is 4.72 Å². The van der Waals surface area contributed by atoms with Crippen LogP contribution in [0.2, 0.25) is 4.34 Å². The summed E-state index contributed by atoms with van der Waals surface area (Å²) in [6.07, 6.45) is 4.18. The first-order valence-corrected chi connectivity index (χ1v) is 9.06. The number of nitrogens with one attached hydrogen (secondary N) is 1. The van der Waals surface area contributed by atoms with Crippen LogP contribution in [0.1, 0.15) is 25.7 Å². The highest BCUT2D eigenvalue weighted by atomic mass is 35.5. The molecule has 0 radical (unpaired) electrons. The van der Waals surface area contributed by atoms with Crippen molar-refractivity contribution in [3.8, 4) is 0 Å². The van der Waals surface area contributed by atoms with E-state index in [1.54, 1.807) is 6.07 Å². The van der Waals surface area contributed by atoms with Crippen molar-refractivity contribution in [1.29, 1.82) is 0 Å². The summed E-state index contributed by atoms with van der Waals surface area (Å²) in [4.78, 5) is 0. The van der Waals surface area contributed by atoms with E-state index >= 15 is 0 Å². The Labute approximate surface area is 122 Å². The molecule has 1 saturated carbocycles. The van der Waals surface area contributed by atoms with Crippen molar-refractivity contribution in [2.24, 2.45) is 11.8 Å². The highest BCUT2D eigenvalue weighted by molar-refractivity contribution is 7.91. The van der Waals surface area contributed by atoms with E-state index in [-0.39, 0.29) is 22.7 Å². The van der Waals surface area contributed by atoms with Crippen LogP contribution < -0.4 is 4.72 Å². The molecule has 108 valence electrons. The van der Waals surface area contributed by atoms with E-state index < -0.39 is 10.0 Å². The van der Waals surface area contributed by atoms with Crippen LogP contribution in [-0.4, -0.2) is 26.7 Å². The van der Waals surface area contributed by atoms with Gasteiger partial charge >= 0.3 is 0 Å². The second-order valence-electron chi connectivity index (χ2n) is 4.90. The summed E-state index contributed by atoms with van der Waals surface area (Å²) in [5.74, 6) is 0.437. The monoisotopic (exact) mass is 323 g/mol. The zero-order valence-corrected chi connectivity index (χ0v) is 12.9. The van der Waals surface area contributed by atoms with Gasteiger partial charge in [0.2, 0.25) is 10.0 Å². The lowest BCUT2D eigenvalue weighted by atomic mass is 9.80. The molecule has 2 N–H and O–H groups in total. The third-order valence-corrected chi connectivity index (χ3v) is 6.80. The van der Waals surface area contributed by atoms with Crippen LogP contribution in [0.25, 0.3) is 0 Å². The largest absolute Gasteiger partial charge is 0.396 e. The average Bonchev–Trinajstić information content (AvgIpc) is 2.84. The summed E-state index contributed by atoms with van der Waals surface area (Å²) in [7, 11) is -3.47. The fraction of sp³-hybridized carbons (Fsp3) is 0.667. The molecule has 0 amide bonds. The van der Waals surface area contributed by atoms with Gasteiger partial charge in [-0.2, -0.15) is 0 Å². The van der Waals surface area contributed by atoms with Crippen molar-refractivity contribution in [3.05, 3.63) is 16.5 Å². The normalized spacial score (nSPS) is 24.5. The van der Waals surface area contributed by atoms with Crippen molar-refractivity contribution >= 4 is 33.0 Å². The molecule has 1 aromatic rings. The molecule has 2 rings (SSSR count). The molecular formula is C12H18ClNO3S2. The fourth-order valence-electron chi connectivity index (χ4n) is 2.52. The summed E-state index contributed by atoms with van der Waals surface area (Å²) >= 11 is 6.81. The maximum absolute atomic E-state index is 12.1. The average molecular weight is 324 g/mol. The van der Waals surface area contributed by atoms with Crippen LogP contribution in [0.15, 0.2) is 16.3 Å². The smallest absolute Gasteiger partial charge is 0.250 e. The van der Waals surface area contributed by atoms with Gasteiger partial charge in [-0.15, -0.1) is 11.3 Å². The zero-order chi connectivity index (χ0) is 13.9. The van der Waals surface area contributed by atoms with Gasteiger partial charge in [-0.05, 0) is 36.8 Å². The first-order valence-electron chi connectivity index (χ1n) is 6.39. The molecule has 0 saturated heterocycles. The number of hydrogen-bond acceptors (Lipinski definition) is 4. The fourth-order valence-corrected chi connectivity index (χ4v) is 5.15. The highest BCUT2D eigenvalue weighted by Crippen LogP contribution is 2.30. The molecule has 1 aliphatic rings. The third-order valence-electron chi connectivity index (χ3n) is 3.65. The first kappa shape index (κ1) is 15.3. The molecule has 0 aromatic carbocycles. The summed E-state index contributed by atoms with van der Waals surface area (Å²) in [6.45, 7) is 0.528. The molecule has 0 spiro atoms. The number of rotatable bonds is 5. The molecule has 4 nitrogen and oxygen atoms in total. The molecule has 2 unspecified atom stereocenters. The van der Waals surface area contributed by atoms with Gasteiger partial charge < -0.3 is 5.11 Å².